The highest BCUT2D eigenvalue weighted by Crippen LogP contribution is 2.28. The van der Waals surface area contributed by atoms with Crippen LogP contribution in [-0.4, -0.2) is 33.3 Å². The van der Waals surface area contributed by atoms with E-state index in [1.165, 1.54) is 4.68 Å². The monoisotopic (exact) mass is 454 g/mol. The molecule has 0 unspecified atom stereocenters. The number of carbonyl (C=O) groups is 1. The van der Waals surface area contributed by atoms with Gasteiger partial charge in [0.2, 0.25) is 0 Å². The second-order valence-corrected chi connectivity index (χ2v) is 8.29. The Morgan fingerprint density at radius 1 is 1.16 bits per heavy atom. The average molecular weight is 455 g/mol. The van der Waals surface area contributed by atoms with Gasteiger partial charge in [-0.3, -0.25) is 4.79 Å². The number of nitrogens with two attached hydrogens (primary N) is 1. The van der Waals surface area contributed by atoms with Gasteiger partial charge in [0.1, 0.15) is 16.9 Å². The minimum absolute atomic E-state index is 0.155. The lowest BCUT2D eigenvalue weighted by Gasteiger charge is -2.07. The zero-order valence-corrected chi connectivity index (χ0v) is 18.4. The molecule has 2 heterocycles. The summed E-state index contributed by atoms with van der Waals surface area (Å²) in [6, 6.07) is 12.6. The third kappa shape index (κ3) is 4.19. The number of carbonyl (C=O) groups excluding carboxylic acids is 1. The summed E-state index contributed by atoms with van der Waals surface area (Å²) in [5.74, 6) is 0.130. The molecule has 0 saturated heterocycles. The number of nitrogens with zero attached hydrogens (tertiary/aromatic N) is 4. The number of rotatable bonds is 5. The lowest BCUT2D eigenvalue weighted by molar-refractivity contribution is 0.0951. The van der Waals surface area contributed by atoms with E-state index in [9.17, 15) is 4.79 Å². The molecule has 9 heteroatoms. The molecule has 0 saturated carbocycles. The van der Waals surface area contributed by atoms with Crippen LogP contribution in [0.3, 0.4) is 0 Å². The van der Waals surface area contributed by atoms with Gasteiger partial charge in [0, 0.05) is 6.54 Å². The standard InChI is InChI=1S/C22H20Cl2N6O/c1-12(2)10-26-22(31)18-19-21(29-17-6-4-3-5-16(17)28-19)30(20(18)25)27-11-13-7-8-14(23)15(24)9-13/h3-9,11-12H,10,25H2,1-2H3,(H,26,31)/b27-11-. The number of fused-ring (bicyclic) bond motifs is 2. The van der Waals surface area contributed by atoms with Crippen LogP contribution in [0.2, 0.25) is 10.0 Å². The van der Waals surface area contributed by atoms with E-state index < -0.39 is 0 Å². The van der Waals surface area contributed by atoms with E-state index in [1.807, 2.05) is 38.1 Å². The van der Waals surface area contributed by atoms with Crippen LogP contribution in [0.25, 0.3) is 22.2 Å². The molecule has 0 atom stereocenters. The van der Waals surface area contributed by atoms with Crippen molar-refractivity contribution in [1.82, 2.24) is 20.0 Å². The first-order chi connectivity index (χ1) is 14.8. The van der Waals surface area contributed by atoms with E-state index in [0.717, 1.165) is 5.56 Å². The predicted molar refractivity (Wildman–Crippen MR) is 126 cm³/mol. The molecule has 0 radical (unpaired) electrons. The van der Waals surface area contributed by atoms with Crippen molar-refractivity contribution in [2.45, 2.75) is 13.8 Å². The summed E-state index contributed by atoms with van der Waals surface area (Å²) in [6.45, 7) is 4.54. The number of nitrogens with one attached hydrogen (secondary N) is 1. The maximum Gasteiger partial charge on any atom is 0.257 e. The number of aromatic nitrogens is 3. The highest BCUT2D eigenvalue weighted by Gasteiger charge is 2.24. The van der Waals surface area contributed by atoms with Gasteiger partial charge in [-0.2, -0.15) is 9.78 Å². The Labute approximate surface area is 188 Å². The van der Waals surface area contributed by atoms with Gasteiger partial charge in [0.15, 0.2) is 5.65 Å². The second-order valence-electron chi connectivity index (χ2n) is 7.48. The van der Waals surface area contributed by atoms with E-state index in [0.29, 0.717) is 38.8 Å². The quantitative estimate of drug-likeness (QED) is 0.425. The first kappa shape index (κ1) is 21.1. The van der Waals surface area contributed by atoms with Crippen LogP contribution in [0, 0.1) is 5.92 Å². The van der Waals surface area contributed by atoms with Crippen LogP contribution in [0.4, 0.5) is 5.82 Å². The smallest absolute Gasteiger partial charge is 0.257 e. The van der Waals surface area contributed by atoms with Crippen LogP contribution in [0.15, 0.2) is 47.6 Å². The SMILES string of the molecule is CC(C)CNC(=O)c1c(N)n(/N=C\c2ccc(Cl)c(Cl)c2)c2nc3ccccc3nc12. The van der Waals surface area contributed by atoms with Gasteiger partial charge < -0.3 is 11.1 Å². The fourth-order valence-electron chi connectivity index (χ4n) is 3.09. The van der Waals surface area contributed by atoms with E-state index >= 15 is 0 Å². The Kier molecular flexibility index (Phi) is 5.80. The Bertz CT molecular complexity index is 1330. The van der Waals surface area contributed by atoms with Crippen LogP contribution in [-0.2, 0) is 0 Å². The Morgan fingerprint density at radius 3 is 2.55 bits per heavy atom. The number of benzene rings is 2. The van der Waals surface area contributed by atoms with Gasteiger partial charge in [0.25, 0.3) is 5.91 Å². The van der Waals surface area contributed by atoms with Crippen molar-refractivity contribution in [2.75, 3.05) is 12.3 Å². The number of hydrogen-bond donors (Lipinski definition) is 2. The summed E-state index contributed by atoms with van der Waals surface area (Å²) in [6.07, 6.45) is 1.57. The average Bonchev–Trinajstić information content (AvgIpc) is 3.01. The Balaban J connectivity index is 1.87. The van der Waals surface area contributed by atoms with Gasteiger partial charge in [0.05, 0.1) is 27.3 Å². The summed E-state index contributed by atoms with van der Waals surface area (Å²) >= 11 is 12.1. The third-order valence-electron chi connectivity index (χ3n) is 4.64. The topological polar surface area (TPSA) is 98.2 Å². The van der Waals surface area contributed by atoms with Gasteiger partial charge in [-0.15, -0.1) is 0 Å². The molecule has 1 amide bonds. The first-order valence-electron chi connectivity index (χ1n) is 9.69. The first-order valence-corrected chi connectivity index (χ1v) is 10.4. The number of anilines is 1. The maximum atomic E-state index is 12.9. The summed E-state index contributed by atoms with van der Waals surface area (Å²) < 4.78 is 1.42. The summed E-state index contributed by atoms with van der Waals surface area (Å²) in [7, 11) is 0. The molecule has 0 spiro atoms. The highest BCUT2D eigenvalue weighted by atomic mass is 35.5. The molecule has 2 aromatic heterocycles. The largest absolute Gasteiger partial charge is 0.383 e. The molecule has 3 N–H and O–H groups in total. The van der Waals surface area contributed by atoms with Gasteiger partial charge in [-0.25, -0.2) is 9.97 Å². The molecular formula is C22H20Cl2N6O. The zero-order chi connectivity index (χ0) is 22.1. The van der Waals surface area contributed by atoms with Crippen LogP contribution >= 0.6 is 23.2 Å². The molecule has 4 rings (SSSR count). The fraction of sp³-hybridized carbons (Fsp3) is 0.182. The number of nitrogen functional groups attached to an aromatic ring is 1. The normalized spacial score (nSPS) is 11.8. The number of para-hydroxylation sites is 2. The molecule has 0 aliphatic heterocycles. The van der Waals surface area contributed by atoms with E-state index in [4.69, 9.17) is 28.9 Å². The molecule has 0 aliphatic carbocycles. The van der Waals surface area contributed by atoms with Crippen molar-refractivity contribution in [3.63, 3.8) is 0 Å². The molecule has 158 valence electrons. The van der Waals surface area contributed by atoms with Crippen molar-refractivity contribution >= 4 is 63.3 Å². The molecule has 7 nitrogen and oxygen atoms in total. The van der Waals surface area contributed by atoms with Crippen molar-refractivity contribution in [3.8, 4) is 0 Å². The molecule has 31 heavy (non-hydrogen) atoms. The van der Waals surface area contributed by atoms with Gasteiger partial charge in [-0.1, -0.05) is 55.2 Å². The Morgan fingerprint density at radius 2 is 1.87 bits per heavy atom. The lowest BCUT2D eigenvalue weighted by atomic mass is 10.2. The van der Waals surface area contributed by atoms with Crippen LogP contribution in [0.1, 0.15) is 29.8 Å². The molecule has 4 aromatic rings. The summed E-state index contributed by atoms with van der Waals surface area (Å²) in [5, 5.41) is 8.22. The number of halogens is 2. The molecule has 0 bridgehead atoms. The zero-order valence-electron chi connectivity index (χ0n) is 16.9. The predicted octanol–water partition coefficient (Wildman–Crippen LogP) is 4.74. The summed E-state index contributed by atoms with van der Waals surface area (Å²) in [4.78, 5) is 22.2. The van der Waals surface area contributed by atoms with Crippen molar-refractivity contribution in [1.29, 1.82) is 0 Å². The lowest BCUT2D eigenvalue weighted by Crippen LogP contribution is -2.28. The number of amides is 1. The van der Waals surface area contributed by atoms with Crippen molar-refractivity contribution in [2.24, 2.45) is 11.0 Å². The van der Waals surface area contributed by atoms with E-state index in [-0.39, 0.29) is 23.2 Å². The minimum atomic E-state index is -0.315. The van der Waals surface area contributed by atoms with Crippen molar-refractivity contribution < 1.29 is 4.79 Å². The molecule has 0 fully saturated rings. The van der Waals surface area contributed by atoms with E-state index in [1.54, 1.807) is 24.4 Å². The molecular weight excluding hydrogens is 435 g/mol. The fourth-order valence-corrected chi connectivity index (χ4v) is 3.40. The van der Waals surface area contributed by atoms with E-state index in [2.05, 4.69) is 20.4 Å². The summed E-state index contributed by atoms with van der Waals surface area (Å²) in [5.41, 5.74) is 9.46. The van der Waals surface area contributed by atoms with Gasteiger partial charge >= 0.3 is 0 Å². The Hall–Kier alpha value is -3.16. The van der Waals surface area contributed by atoms with Crippen LogP contribution in [0.5, 0.6) is 0 Å². The minimum Gasteiger partial charge on any atom is -0.383 e. The third-order valence-corrected chi connectivity index (χ3v) is 5.38. The highest BCUT2D eigenvalue weighted by molar-refractivity contribution is 6.42. The van der Waals surface area contributed by atoms with Gasteiger partial charge in [-0.05, 0) is 35.7 Å². The molecule has 0 aliphatic rings. The molecule has 2 aromatic carbocycles. The van der Waals surface area contributed by atoms with Crippen LogP contribution < -0.4 is 11.1 Å². The number of hydrogen-bond acceptors (Lipinski definition) is 5. The van der Waals surface area contributed by atoms with Crippen molar-refractivity contribution in [3.05, 3.63) is 63.6 Å². The second kappa shape index (κ2) is 8.53. The maximum absolute atomic E-state index is 12.9.